The predicted molar refractivity (Wildman–Crippen MR) is 76.2 cm³/mol. The molecule has 2 aromatic carbocycles. The Hall–Kier alpha value is -0.830. The van der Waals surface area contributed by atoms with Crippen LogP contribution in [0.3, 0.4) is 0 Å². The average Bonchev–Trinajstić information content (AvgIpc) is 2.22. The van der Waals surface area contributed by atoms with Crippen LogP contribution in [0.2, 0.25) is 10.0 Å². The van der Waals surface area contributed by atoms with E-state index in [-0.39, 0.29) is 0 Å². The second-order valence-corrected chi connectivity index (χ2v) is 5.66. The van der Waals surface area contributed by atoms with Crippen LogP contribution in [0.1, 0.15) is 5.56 Å². The zero-order chi connectivity index (χ0) is 12.4. The van der Waals surface area contributed by atoms with Gasteiger partial charge in [0.1, 0.15) is 0 Å². The molecule has 2 rings (SSSR count). The molecule has 2 aromatic rings. The Morgan fingerprint density at radius 2 is 1.71 bits per heavy atom. The van der Waals surface area contributed by atoms with Crippen LogP contribution < -0.4 is 5.73 Å². The third-order valence-electron chi connectivity index (χ3n) is 2.30. The van der Waals surface area contributed by atoms with Crippen molar-refractivity contribution >= 4 is 40.7 Å². The van der Waals surface area contributed by atoms with Gasteiger partial charge in [-0.3, -0.25) is 0 Å². The van der Waals surface area contributed by atoms with Crippen molar-refractivity contribution in [2.75, 3.05) is 5.73 Å². The molecular weight excluding hydrogens is 273 g/mol. The van der Waals surface area contributed by atoms with E-state index in [1.807, 2.05) is 37.3 Å². The molecule has 0 unspecified atom stereocenters. The number of benzene rings is 2. The quantitative estimate of drug-likeness (QED) is 0.782. The normalized spacial score (nSPS) is 10.5. The molecule has 0 saturated heterocycles. The summed E-state index contributed by atoms with van der Waals surface area (Å²) in [7, 11) is 0. The molecule has 4 heteroatoms. The molecule has 0 aromatic heterocycles. The molecule has 0 atom stereocenters. The number of hydrogen-bond donors (Lipinski definition) is 1. The summed E-state index contributed by atoms with van der Waals surface area (Å²) in [5, 5.41) is 1.26. The SMILES string of the molecule is Cc1cccc(N)c1Sc1cc(Cl)cc(Cl)c1. The smallest absolute Gasteiger partial charge is 0.0458 e. The van der Waals surface area contributed by atoms with Gasteiger partial charge in [-0.2, -0.15) is 0 Å². The van der Waals surface area contributed by atoms with Crippen LogP contribution in [-0.2, 0) is 0 Å². The molecule has 0 aliphatic rings. The number of nitrogen functional groups attached to an aromatic ring is 1. The second-order valence-electron chi connectivity index (χ2n) is 3.70. The molecule has 0 heterocycles. The van der Waals surface area contributed by atoms with Gasteiger partial charge >= 0.3 is 0 Å². The van der Waals surface area contributed by atoms with Gasteiger partial charge < -0.3 is 5.73 Å². The molecule has 2 N–H and O–H groups in total. The van der Waals surface area contributed by atoms with Crippen molar-refractivity contribution in [3.8, 4) is 0 Å². The van der Waals surface area contributed by atoms with Gasteiger partial charge in [0.05, 0.1) is 0 Å². The average molecular weight is 284 g/mol. The van der Waals surface area contributed by atoms with Crippen LogP contribution in [0.25, 0.3) is 0 Å². The number of anilines is 1. The van der Waals surface area contributed by atoms with Gasteiger partial charge in [0.2, 0.25) is 0 Å². The van der Waals surface area contributed by atoms with Crippen LogP contribution in [0.5, 0.6) is 0 Å². The maximum atomic E-state index is 5.97. The molecule has 0 fully saturated rings. The first-order valence-corrected chi connectivity index (χ1v) is 6.62. The van der Waals surface area contributed by atoms with Gasteiger partial charge in [0, 0.05) is 25.5 Å². The molecule has 0 aliphatic carbocycles. The summed E-state index contributed by atoms with van der Waals surface area (Å²) in [6.45, 7) is 2.03. The third-order valence-corrected chi connectivity index (χ3v) is 3.97. The lowest BCUT2D eigenvalue weighted by Gasteiger charge is -2.09. The highest BCUT2D eigenvalue weighted by atomic mass is 35.5. The highest BCUT2D eigenvalue weighted by Crippen LogP contribution is 2.36. The fraction of sp³-hybridized carbons (Fsp3) is 0.0769. The predicted octanol–water partition coefficient (Wildman–Crippen LogP) is 5.04. The first-order chi connectivity index (χ1) is 8.06. The highest BCUT2D eigenvalue weighted by Gasteiger charge is 2.06. The van der Waals surface area contributed by atoms with Crippen LogP contribution in [0.4, 0.5) is 5.69 Å². The van der Waals surface area contributed by atoms with Crippen molar-refractivity contribution in [2.24, 2.45) is 0 Å². The Balaban J connectivity index is 2.38. The standard InChI is InChI=1S/C13H11Cl2NS/c1-8-3-2-4-12(16)13(8)17-11-6-9(14)5-10(15)7-11/h2-7H,16H2,1H3. The van der Waals surface area contributed by atoms with E-state index in [4.69, 9.17) is 28.9 Å². The lowest BCUT2D eigenvalue weighted by Crippen LogP contribution is -1.90. The van der Waals surface area contributed by atoms with Crippen LogP contribution in [0, 0.1) is 6.92 Å². The number of hydrogen-bond acceptors (Lipinski definition) is 2. The van der Waals surface area contributed by atoms with Gasteiger partial charge in [-0.15, -0.1) is 0 Å². The monoisotopic (exact) mass is 283 g/mol. The van der Waals surface area contributed by atoms with Crippen LogP contribution in [0.15, 0.2) is 46.2 Å². The summed E-state index contributed by atoms with van der Waals surface area (Å²) in [4.78, 5) is 2.04. The Labute approximate surface area is 115 Å². The number of rotatable bonds is 2. The van der Waals surface area contributed by atoms with Crippen molar-refractivity contribution < 1.29 is 0 Å². The molecule has 0 amide bonds. The first kappa shape index (κ1) is 12.6. The van der Waals surface area contributed by atoms with Crippen molar-refractivity contribution in [1.82, 2.24) is 0 Å². The summed E-state index contributed by atoms with van der Waals surface area (Å²) in [5.41, 5.74) is 7.87. The topological polar surface area (TPSA) is 26.0 Å². The van der Waals surface area contributed by atoms with Crippen LogP contribution in [-0.4, -0.2) is 0 Å². The molecular formula is C13H11Cl2NS. The minimum Gasteiger partial charge on any atom is -0.398 e. The van der Waals surface area contributed by atoms with Crippen molar-refractivity contribution in [2.45, 2.75) is 16.7 Å². The lowest BCUT2D eigenvalue weighted by molar-refractivity contribution is 1.30. The van der Waals surface area contributed by atoms with Gasteiger partial charge in [0.15, 0.2) is 0 Å². The summed E-state index contributed by atoms with van der Waals surface area (Å²) in [5.74, 6) is 0. The van der Waals surface area contributed by atoms with Gasteiger partial charge in [0.25, 0.3) is 0 Å². The molecule has 0 radical (unpaired) electrons. The van der Waals surface area contributed by atoms with Crippen molar-refractivity contribution in [1.29, 1.82) is 0 Å². The van der Waals surface area contributed by atoms with E-state index in [2.05, 4.69) is 0 Å². The largest absolute Gasteiger partial charge is 0.398 e. The number of nitrogens with two attached hydrogens (primary N) is 1. The summed E-state index contributed by atoms with van der Waals surface area (Å²) < 4.78 is 0. The molecule has 1 nitrogen and oxygen atoms in total. The Morgan fingerprint density at radius 3 is 2.29 bits per heavy atom. The minimum atomic E-state index is 0.632. The van der Waals surface area contributed by atoms with Gasteiger partial charge in [-0.1, -0.05) is 47.1 Å². The Morgan fingerprint density at radius 1 is 1.06 bits per heavy atom. The number of aryl methyl sites for hydroxylation is 1. The zero-order valence-electron chi connectivity index (χ0n) is 9.21. The first-order valence-electron chi connectivity index (χ1n) is 5.05. The van der Waals surface area contributed by atoms with Crippen molar-refractivity contribution in [3.05, 3.63) is 52.0 Å². The fourth-order valence-electron chi connectivity index (χ4n) is 1.52. The fourth-order valence-corrected chi connectivity index (χ4v) is 3.20. The Bertz CT molecular complexity index is 515. The van der Waals surface area contributed by atoms with E-state index >= 15 is 0 Å². The van der Waals surface area contributed by atoms with Gasteiger partial charge in [-0.25, -0.2) is 0 Å². The molecule has 17 heavy (non-hydrogen) atoms. The van der Waals surface area contributed by atoms with Crippen molar-refractivity contribution in [3.63, 3.8) is 0 Å². The van der Waals surface area contributed by atoms with Gasteiger partial charge in [-0.05, 0) is 36.8 Å². The maximum absolute atomic E-state index is 5.97. The molecule has 0 saturated carbocycles. The van der Waals surface area contributed by atoms with E-state index in [1.54, 1.807) is 17.8 Å². The van der Waals surface area contributed by atoms with E-state index in [1.165, 1.54) is 0 Å². The zero-order valence-corrected chi connectivity index (χ0v) is 11.5. The molecule has 0 bridgehead atoms. The summed E-state index contributed by atoms with van der Waals surface area (Å²) in [6, 6.07) is 11.3. The number of halogens is 2. The third kappa shape index (κ3) is 3.09. The van der Waals surface area contributed by atoms with Crippen LogP contribution >= 0.6 is 35.0 Å². The molecule has 0 spiro atoms. The molecule has 88 valence electrons. The van der Waals surface area contributed by atoms with E-state index in [0.29, 0.717) is 10.0 Å². The summed E-state index contributed by atoms with van der Waals surface area (Å²) >= 11 is 13.5. The van der Waals surface area contributed by atoms with E-state index in [9.17, 15) is 0 Å². The maximum Gasteiger partial charge on any atom is 0.0458 e. The van der Waals surface area contributed by atoms with E-state index in [0.717, 1.165) is 21.0 Å². The van der Waals surface area contributed by atoms with E-state index < -0.39 is 0 Å². The highest BCUT2D eigenvalue weighted by molar-refractivity contribution is 7.99. The lowest BCUT2D eigenvalue weighted by atomic mass is 10.2. The minimum absolute atomic E-state index is 0.632. The Kier molecular flexibility index (Phi) is 3.87. The second kappa shape index (κ2) is 5.21. The summed E-state index contributed by atoms with van der Waals surface area (Å²) in [6.07, 6.45) is 0. The molecule has 0 aliphatic heterocycles.